The molecule has 0 aliphatic rings. The van der Waals surface area contributed by atoms with E-state index >= 15 is 0 Å². The molecule has 3 aromatic carbocycles. The maximum absolute atomic E-state index is 6.21. The van der Waals surface area contributed by atoms with Crippen molar-refractivity contribution < 1.29 is 4.42 Å². The van der Waals surface area contributed by atoms with E-state index in [9.17, 15) is 0 Å². The van der Waals surface area contributed by atoms with E-state index in [1.807, 2.05) is 18.2 Å². The number of benzene rings is 3. The first-order chi connectivity index (χ1) is 14.3. The fourth-order valence-electron chi connectivity index (χ4n) is 4.06. The Labute approximate surface area is 172 Å². The molecule has 6 aromatic rings. The topological polar surface area (TPSA) is 26.0 Å². The Kier molecular flexibility index (Phi) is 3.58. The Morgan fingerprint density at radius 3 is 2.41 bits per heavy atom. The van der Waals surface area contributed by atoms with Gasteiger partial charge in [-0.05, 0) is 42.3 Å². The van der Waals surface area contributed by atoms with Crippen LogP contribution in [0.4, 0.5) is 0 Å². The summed E-state index contributed by atoms with van der Waals surface area (Å²) in [7, 11) is 0. The largest absolute Gasteiger partial charge is 0.455 e. The van der Waals surface area contributed by atoms with Crippen LogP contribution in [0.15, 0.2) is 89.3 Å². The van der Waals surface area contributed by atoms with Crippen molar-refractivity contribution in [2.24, 2.45) is 0 Å². The number of furan rings is 1. The summed E-state index contributed by atoms with van der Waals surface area (Å²) >= 11 is 1.75. The molecule has 138 valence electrons. The van der Waals surface area contributed by atoms with Gasteiger partial charge in [0.05, 0.1) is 5.69 Å². The number of fused-ring (bicyclic) bond motifs is 4. The fraction of sp³-hybridized carbons (Fsp3) is 0.0385. The Morgan fingerprint density at radius 2 is 1.52 bits per heavy atom. The first-order valence-electron chi connectivity index (χ1n) is 9.66. The summed E-state index contributed by atoms with van der Waals surface area (Å²) in [6.45, 7) is 2.18. The molecule has 2 nitrogen and oxygen atoms in total. The van der Waals surface area contributed by atoms with E-state index < -0.39 is 0 Å². The van der Waals surface area contributed by atoms with Crippen LogP contribution in [0.5, 0.6) is 0 Å². The molecule has 3 aromatic heterocycles. The van der Waals surface area contributed by atoms with Gasteiger partial charge in [-0.1, -0.05) is 60.7 Å². The zero-order valence-electron chi connectivity index (χ0n) is 15.8. The van der Waals surface area contributed by atoms with E-state index in [-0.39, 0.29) is 0 Å². The van der Waals surface area contributed by atoms with Crippen LogP contribution in [0.2, 0.25) is 0 Å². The van der Waals surface area contributed by atoms with Crippen molar-refractivity contribution in [1.82, 2.24) is 4.98 Å². The molecule has 0 aliphatic carbocycles. The minimum absolute atomic E-state index is 0.900. The molecule has 29 heavy (non-hydrogen) atoms. The molecular formula is C26H17NOS. The maximum atomic E-state index is 6.21. The van der Waals surface area contributed by atoms with Gasteiger partial charge in [0.15, 0.2) is 0 Å². The van der Waals surface area contributed by atoms with Crippen LogP contribution < -0.4 is 0 Å². The van der Waals surface area contributed by atoms with Crippen molar-refractivity contribution >= 4 is 43.5 Å². The summed E-state index contributed by atoms with van der Waals surface area (Å²) in [5.41, 5.74) is 6.33. The first-order valence-corrected chi connectivity index (χ1v) is 10.5. The Bertz CT molecular complexity index is 1510. The van der Waals surface area contributed by atoms with Gasteiger partial charge in [0.1, 0.15) is 16.0 Å². The van der Waals surface area contributed by atoms with Gasteiger partial charge in [-0.3, -0.25) is 0 Å². The van der Waals surface area contributed by atoms with E-state index in [2.05, 4.69) is 73.7 Å². The van der Waals surface area contributed by atoms with E-state index in [1.54, 1.807) is 11.3 Å². The average molecular weight is 391 g/mol. The highest BCUT2D eigenvalue weighted by Crippen LogP contribution is 2.40. The molecule has 0 saturated carbocycles. The quantitative estimate of drug-likeness (QED) is 0.300. The SMILES string of the molecule is Cc1c(-c2ccccc2)sc2nc(-c3cccc4c3oc3ccccc34)ccc12. The van der Waals surface area contributed by atoms with Gasteiger partial charge in [-0.15, -0.1) is 11.3 Å². The van der Waals surface area contributed by atoms with E-state index in [0.717, 1.165) is 38.0 Å². The van der Waals surface area contributed by atoms with Crippen LogP contribution in [0.3, 0.4) is 0 Å². The van der Waals surface area contributed by atoms with Crippen LogP contribution in [0, 0.1) is 6.92 Å². The third-order valence-corrected chi connectivity index (χ3v) is 6.77. The van der Waals surface area contributed by atoms with Gasteiger partial charge >= 0.3 is 0 Å². The summed E-state index contributed by atoms with van der Waals surface area (Å²) < 4.78 is 6.21. The lowest BCUT2D eigenvalue weighted by Gasteiger charge is -2.02. The third kappa shape index (κ3) is 2.51. The van der Waals surface area contributed by atoms with E-state index in [0.29, 0.717) is 0 Å². The van der Waals surface area contributed by atoms with Crippen LogP contribution in [-0.2, 0) is 0 Å². The molecule has 3 heterocycles. The summed E-state index contributed by atoms with van der Waals surface area (Å²) in [6.07, 6.45) is 0. The van der Waals surface area contributed by atoms with Gasteiger partial charge in [0.25, 0.3) is 0 Å². The number of pyridine rings is 1. The Morgan fingerprint density at radius 1 is 0.724 bits per heavy atom. The lowest BCUT2D eigenvalue weighted by Crippen LogP contribution is -1.84. The second-order valence-electron chi connectivity index (χ2n) is 7.25. The standard InChI is InChI=1S/C26H17NOS/c1-16-18-14-15-22(27-26(18)29-25(16)17-8-3-2-4-9-17)21-12-7-11-20-19-10-5-6-13-23(19)28-24(20)21/h2-15H,1H3. The van der Waals surface area contributed by atoms with Gasteiger partial charge in [0, 0.05) is 26.6 Å². The third-order valence-electron chi connectivity index (χ3n) is 5.52. The molecule has 0 amide bonds. The molecule has 6 rings (SSSR count). The maximum Gasteiger partial charge on any atom is 0.144 e. The number of para-hydroxylation sites is 2. The zero-order chi connectivity index (χ0) is 19.4. The molecule has 0 atom stereocenters. The van der Waals surface area contributed by atoms with Crippen LogP contribution in [0.1, 0.15) is 5.56 Å². The van der Waals surface area contributed by atoms with Gasteiger partial charge in [-0.2, -0.15) is 0 Å². The summed E-state index contributed by atoms with van der Waals surface area (Å²) in [6, 6.07) is 29.3. The summed E-state index contributed by atoms with van der Waals surface area (Å²) in [5.74, 6) is 0. The fourth-order valence-corrected chi connectivity index (χ4v) is 5.25. The average Bonchev–Trinajstić information content (AvgIpc) is 3.32. The Balaban J connectivity index is 1.57. The minimum atomic E-state index is 0.900. The van der Waals surface area contributed by atoms with E-state index in [1.165, 1.54) is 21.4 Å². The highest BCUT2D eigenvalue weighted by atomic mass is 32.1. The van der Waals surface area contributed by atoms with E-state index in [4.69, 9.17) is 9.40 Å². The number of nitrogens with zero attached hydrogens (tertiary/aromatic N) is 1. The molecule has 0 bridgehead atoms. The van der Waals surface area contributed by atoms with Crippen molar-refractivity contribution in [2.75, 3.05) is 0 Å². The number of rotatable bonds is 2. The Hall–Kier alpha value is -3.43. The molecule has 0 saturated heterocycles. The normalized spacial score (nSPS) is 11.6. The smallest absolute Gasteiger partial charge is 0.144 e. The second kappa shape index (κ2) is 6.29. The molecule has 0 unspecified atom stereocenters. The minimum Gasteiger partial charge on any atom is -0.455 e. The van der Waals surface area contributed by atoms with Crippen LogP contribution in [0.25, 0.3) is 53.9 Å². The van der Waals surface area contributed by atoms with Gasteiger partial charge in [0.2, 0.25) is 0 Å². The summed E-state index contributed by atoms with van der Waals surface area (Å²) in [4.78, 5) is 7.38. The zero-order valence-corrected chi connectivity index (χ0v) is 16.7. The number of thiophene rings is 1. The van der Waals surface area contributed by atoms with Crippen molar-refractivity contribution in [1.29, 1.82) is 0 Å². The molecule has 0 fully saturated rings. The molecule has 0 spiro atoms. The molecule has 3 heteroatoms. The first kappa shape index (κ1) is 16.5. The predicted molar refractivity (Wildman–Crippen MR) is 123 cm³/mol. The summed E-state index contributed by atoms with van der Waals surface area (Å²) in [5, 5.41) is 3.49. The molecular weight excluding hydrogens is 374 g/mol. The van der Waals surface area contributed by atoms with Crippen molar-refractivity contribution in [2.45, 2.75) is 6.92 Å². The highest BCUT2D eigenvalue weighted by Gasteiger charge is 2.15. The number of hydrogen-bond acceptors (Lipinski definition) is 3. The lowest BCUT2D eigenvalue weighted by atomic mass is 10.0. The number of hydrogen-bond donors (Lipinski definition) is 0. The lowest BCUT2D eigenvalue weighted by molar-refractivity contribution is 0.670. The molecule has 0 N–H and O–H groups in total. The predicted octanol–water partition coefficient (Wildman–Crippen LogP) is 7.84. The molecule has 0 aliphatic heterocycles. The number of aromatic nitrogens is 1. The second-order valence-corrected chi connectivity index (χ2v) is 8.25. The van der Waals surface area contributed by atoms with Gasteiger partial charge < -0.3 is 4.42 Å². The van der Waals surface area contributed by atoms with Crippen LogP contribution >= 0.6 is 11.3 Å². The highest BCUT2D eigenvalue weighted by molar-refractivity contribution is 7.22. The van der Waals surface area contributed by atoms with Gasteiger partial charge in [-0.25, -0.2) is 4.98 Å². The van der Waals surface area contributed by atoms with Crippen molar-refractivity contribution in [3.63, 3.8) is 0 Å². The number of aryl methyl sites for hydroxylation is 1. The van der Waals surface area contributed by atoms with Crippen molar-refractivity contribution in [3.05, 3.63) is 90.5 Å². The van der Waals surface area contributed by atoms with Crippen LogP contribution in [-0.4, -0.2) is 4.98 Å². The van der Waals surface area contributed by atoms with Crippen molar-refractivity contribution in [3.8, 4) is 21.7 Å². The molecule has 0 radical (unpaired) electrons. The monoisotopic (exact) mass is 391 g/mol.